The van der Waals surface area contributed by atoms with Crippen LogP contribution in [0.25, 0.3) is 10.4 Å². The summed E-state index contributed by atoms with van der Waals surface area (Å²) in [7, 11) is 0. The minimum Gasteiger partial charge on any atom is -0.233 e. The van der Waals surface area contributed by atoms with Gasteiger partial charge >= 0.3 is 6.18 Å². The van der Waals surface area contributed by atoms with Crippen molar-refractivity contribution in [3.05, 3.63) is 28.5 Å². The second-order valence-corrected chi connectivity index (χ2v) is 1.93. The molecule has 0 amide bonds. The summed E-state index contributed by atoms with van der Waals surface area (Å²) in [5.74, 6) is -1.68. The second kappa shape index (κ2) is 3.28. The fraction of sp³-hybridized carbons (Fsp3) is 0.200. The molecule has 0 unspecified atom stereocenters. The van der Waals surface area contributed by atoms with Gasteiger partial charge in [-0.15, -0.1) is 0 Å². The van der Waals surface area contributed by atoms with Gasteiger partial charge in [-0.3, -0.25) is 0 Å². The van der Waals surface area contributed by atoms with Gasteiger partial charge in [0.15, 0.2) is 0 Å². The van der Waals surface area contributed by atoms with Crippen LogP contribution in [0.1, 0.15) is 5.82 Å². The molecule has 1 rings (SSSR count). The topological polar surface area (TPSA) is 74.5 Å². The summed E-state index contributed by atoms with van der Waals surface area (Å²) >= 11 is 0. The van der Waals surface area contributed by atoms with Gasteiger partial charge in [0.2, 0.25) is 5.82 Å². The summed E-state index contributed by atoms with van der Waals surface area (Å²) in [6.45, 7) is 0. The Morgan fingerprint density at radius 2 is 2.15 bits per heavy atom. The van der Waals surface area contributed by atoms with Crippen LogP contribution in [0.4, 0.5) is 19.0 Å². The summed E-state index contributed by atoms with van der Waals surface area (Å²) in [5.41, 5.74) is 7.93. The third-order valence-electron chi connectivity index (χ3n) is 1.04. The molecule has 8 heteroatoms. The van der Waals surface area contributed by atoms with Crippen LogP contribution < -0.4 is 0 Å². The molecule has 0 fully saturated rings. The highest BCUT2D eigenvalue weighted by Crippen LogP contribution is 2.26. The second-order valence-electron chi connectivity index (χ2n) is 1.93. The first-order chi connectivity index (χ1) is 6.04. The highest BCUT2D eigenvalue weighted by molar-refractivity contribution is 5.24. The standard InChI is InChI=1S/C5H2F3N5/c6-5(7,8)4-10-2-1-3(11-4)12-13-9/h1-2H. The number of azide groups is 1. The number of hydrogen-bond donors (Lipinski definition) is 0. The molecular formula is C5H2F3N5. The first-order valence-electron chi connectivity index (χ1n) is 2.99. The van der Waals surface area contributed by atoms with Crippen LogP contribution in [0.15, 0.2) is 17.4 Å². The first-order valence-corrected chi connectivity index (χ1v) is 2.99. The van der Waals surface area contributed by atoms with Crippen molar-refractivity contribution in [1.82, 2.24) is 9.97 Å². The number of alkyl halides is 3. The Hall–Kier alpha value is -1.82. The summed E-state index contributed by atoms with van der Waals surface area (Å²) in [6, 6.07) is 1.08. The lowest BCUT2D eigenvalue weighted by molar-refractivity contribution is -0.144. The maximum absolute atomic E-state index is 11.9. The SMILES string of the molecule is [N-]=[N+]=Nc1ccnc(C(F)(F)F)n1. The van der Waals surface area contributed by atoms with Crippen LogP contribution >= 0.6 is 0 Å². The third-order valence-corrected chi connectivity index (χ3v) is 1.04. The van der Waals surface area contributed by atoms with Gasteiger partial charge < -0.3 is 0 Å². The van der Waals surface area contributed by atoms with Crippen LogP contribution in [0.5, 0.6) is 0 Å². The Morgan fingerprint density at radius 3 is 2.69 bits per heavy atom. The quantitative estimate of drug-likeness (QED) is 0.386. The lowest BCUT2D eigenvalue weighted by Crippen LogP contribution is -2.09. The summed E-state index contributed by atoms with van der Waals surface area (Å²) < 4.78 is 35.8. The zero-order chi connectivity index (χ0) is 9.90. The average molecular weight is 189 g/mol. The van der Waals surface area contributed by atoms with E-state index in [0.29, 0.717) is 0 Å². The van der Waals surface area contributed by atoms with Gasteiger partial charge in [0.1, 0.15) is 5.82 Å². The van der Waals surface area contributed by atoms with Gasteiger partial charge in [0, 0.05) is 11.1 Å². The van der Waals surface area contributed by atoms with Crippen molar-refractivity contribution in [3.8, 4) is 0 Å². The van der Waals surface area contributed by atoms with Crippen LogP contribution in [0.3, 0.4) is 0 Å². The molecule has 0 aliphatic carbocycles. The molecule has 68 valence electrons. The Balaban J connectivity index is 3.12. The molecule has 1 aromatic rings. The number of rotatable bonds is 1. The van der Waals surface area contributed by atoms with Crippen LogP contribution in [0, 0.1) is 0 Å². The number of halogens is 3. The highest BCUT2D eigenvalue weighted by Gasteiger charge is 2.34. The van der Waals surface area contributed by atoms with Crippen molar-refractivity contribution in [1.29, 1.82) is 0 Å². The van der Waals surface area contributed by atoms with E-state index in [1.54, 1.807) is 0 Å². The van der Waals surface area contributed by atoms with Gasteiger partial charge in [-0.25, -0.2) is 9.97 Å². The highest BCUT2D eigenvalue weighted by atomic mass is 19.4. The smallest absolute Gasteiger partial charge is 0.233 e. The molecule has 1 heterocycles. The molecule has 0 saturated heterocycles. The molecule has 1 aromatic heterocycles. The van der Waals surface area contributed by atoms with Crippen LogP contribution in [0.2, 0.25) is 0 Å². The van der Waals surface area contributed by atoms with E-state index in [0.717, 1.165) is 12.3 Å². The Morgan fingerprint density at radius 1 is 1.46 bits per heavy atom. The first kappa shape index (κ1) is 9.27. The normalized spacial score (nSPS) is 10.7. The molecular weight excluding hydrogens is 187 g/mol. The minimum atomic E-state index is -4.62. The molecule has 13 heavy (non-hydrogen) atoms. The van der Waals surface area contributed by atoms with Crippen LogP contribution in [-0.4, -0.2) is 9.97 Å². The van der Waals surface area contributed by atoms with Crippen molar-refractivity contribution >= 4 is 5.82 Å². The fourth-order valence-corrected chi connectivity index (χ4v) is 0.587. The number of hydrogen-bond acceptors (Lipinski definition) is 3. The molecule has 0 bridgehead atoms. The minimum absolute atomic E-state index is 0.357. The van der Waals surface area contributed by atoms with E-state index >= 15 is 0 Å². The van der Waals surface area contributed by atoms with Gasteiger partial charge in [0.25, 0.3) is 0 Å². The van der Waals surface area contributed by atoms with E-state index in [9.17, 15) is 13.2 Å². The predicted octanol–water partition coefficient (Wildman–Crippen LogP) is 2.44. The predicted molar refractivity (Wildman–Crippen MR) is 35.8 cm³/mol. The van der Waals surface area contributed by atoms with E-state index in [1.807, 2.05) is 0 Å². The van der Waals surface area contributed by atoms with Crippen molar-refractivity contribution in [3.63, 3.8) is 0 Å². The zero-order valence-electron chi connectivity index (χ0n) is 6.02. The number of nitrogens with zero attached hydrogens (tertiary/aromatic N) is 5. The van der Waals surface area contributed by atoms with E-state index in [1.165, 1.54) is 0 Å². The van der Waals surface area contributed by atoms with E-state index in [-0.39, 0.29) is 5.82 Å². The van der Waals surface area contributed by atoms with Gasteiger partial charge in [-0.2, -0.15) is 13.2 Å². The fourth-order valence-electron chi connectivity index (χ4n) is 0.587. The maximum Gasteiger partial charge on any atom is 0.451 e. The Labute approximate surface area is 69.9 Å². The summed E-state index contributed by atoms with van der Waals surface area (Å²) in [4.78, 5) is 8.25. The van der Waals surface area contributed by atoms with E-state index < -0.39 is 12.0 Å². The van der Waals surface area contributed by atoms with Crippen molar-refractivity contribution in [2.75, 3.05) is 0 Å². The monoisotopic (exact) mass is 189 g/mol. The molecule has 0 radical (unpaired) electrons. The lowest BCUT2D eigenvalue weighted by atomic mass is 10.5. The zero-order valence-corrected chi connectivity index (χ0v) is 6.02. The van der Waals surface area contributed by atoms with Gasteiger partial charge in [-0.05, 0) is 16.7 Å². The molecule has 0 spiro atoms. The largest absolute Gasteiger partial charge is 0.451 e. The van der Waals surface area contributed by atoms with E-state index in [2.05, 4.69) is 20.0 Å². The molecule has 5 nitrogen and oxygen atoms in total. The van der Waals surface area contributed by atoms with Gasteiger partial charge in [-0.1, -0.05) is 0 Å². The number of aromatic nitrogens is 2. The van der Waals surface area contributed by atoms with Crippen molar-refractivity contribution in [2.24, 2.45) is 5.11 Å². The van der Waals surface area contributed by atoms with Gasteiger partial charge in [0.05, 0.1) is 0 Å². The lowest BCUT2D eigenvalue weighted by Gasteiger charge is -2.03. The summed E-state index contributed by atoms with van der Waals surface area (Å²) in [6.07, 6.45) is -3.75. The maximum atomic E-state index is 11.9. The molecule has 0 aliphatic heterocycles. The molecule has 0 aliphatic rings. The van der Waals surface area contributed by atoms with Crippen molar-refractivity contribution in [2.45, 2.75) is 6.18 Å². The van der Waals surface area contributed by atoms with Crippen molar-refractivity contribution < 1.29 is 13.2 Å². The third kappa shape index (κ3) is 2.31. The Bertz CT molecular complexity index is 353. The Kier molecular flexibility index (Phi) is 2.34. The molecule has 0 atom stereocenters. The van der Waals surface area contributed by atoms with E-state index in [4.69, 9.17) is 5.53 Å². The summed E-state index contributed by atoms with van der Waals surface area (Å²) in [5, 5.41) is 2.91. The molecule has 0 aromatic carbocycles. The van der Waals surface area contributed by atoms with Crippen LogP contribution in [-0.2, 0) is 6.18 Å². The average Bonchev–Trinajstić information content (AvgIpc) is 2.04. The molecule has 0 saturated carbocycles. The molecule has 0 N–H and O–H groups in total.